The Morgan fingerprint density at radius 3 is 2.70 bits per heavy atom. The first-order valence-electron chi connectivity index (χ1n) is 11.8. The van der Waals surface area contributed by atoms with Gasteiger partial charge in [0.2, 0.25) is 0 Å². The van der Waals surface area contributed by atoms with Gasteiger partial charge in [0.25, 0.3) is 11.8 Å². The number of rotatable bonds is 4. The third-order valence-electron chi connectivity index (χ3n) is 6.73. The standard InChI is InChI=1S/C26H30N4O3/c31-24(22-10-12-27-23(18-22)28-13-6-7-14-28)30-16-17-33-26(20-30)11-4-5-15-29(25(26)32)19-21-8-2-1-3-9-21/h1-5,8-10,12,18H,6-7,11,13-17,19-20H2. The van der Waals surface area contributed by atoms with Crippen molar-refractivity contribution in [3.05, 3.63) is 71.9 Å². The fraction of sp³-hybridized carbons (Fsp3) is 0.423. The number of carbonyl (C=O) groups excluding carboxylic acids is 2. The Balaban J connectivity index is 1.34. The van der Waals surface area contributed by atoms with Crippen molar-refractivity contribution in [2.45, 2.75) is 31.4 Å². The van der Waals surface area contributed by atoms with Gasteiger partial charge in [-0.25, -0.2) is 4.98 Å². The first kappa shape index (κ1) is 21.6. The molecule has 172 valence electrons. The zero-order valence-electron chi connectivity index (χ0n) is 18.9. The van der Waals surface area contributed by atoms with E-state index in [1.807, 2.05) is 53.5 Å². The van der Waals surface area contributed by atoms with Crippen LogP contribution in [0.25, 0.3) is 0 Å². The van der Waals surface area contributed by atoms with Crippen LogP contribution in [0.4, 0.5) is 5.82 Å². The van der Waals surface area contributed by atoms with Crippen LogP contribution in [0.3, 0.4) is 0 Å². The van der Waals surface area contributed by atoms with Crippen molar-refractivity contribution in [1.29, 1.82) is 0 Å². The number of anilines is 1. The van der Waals surface area contributed by atoms with Gasteiger partial charge in [-0.3, -0.25) is 9.59 Å². The average Bonchev–Trinajstić information content (AvgIpc) is 3.37. The predicted octanol–water partition coefficient (Wildman–Crippen LogP) is 2.88. The minimum absolute atomic E-state index is 0.0543. The van der Waals surface area contributed by atoms with E-state index in [0.717, 1.165) is 37.3 Å². The zero-order chi connectivity index (χ0) is 22.7. The molecular formula is C26H30N4O3. The third-order valence-corrected chi connectivity index (χ3v) is 6.73. The molecule has 0 bridgehead atoms. The zero-order valence-corrected chi connectivity index (χ0v) is 18.9. The Labute approximate surface area is 194 Å². The van der Waals surface area contributed by atoms with E-state index in [2.05, 4.69) is 9.88 Å². The van der Waals surface area contributed by atoms with Crippen molar-refractivity contribution >= 4 is 17.6 Å². The van der Waals surface area contributed by atoms with Gasteiger partial charge >= 0.3 is 0 Å². The summed E-state index contributed by atoms with van der Waals surface area (Å²) in [4.78, 5) is 37.4. The quantitative estimate of drug-likeness (QED) is 0.676. The lowest BCUT2D eigenvalue weighted by atomic mass is 9.95. The van der Waals surface area contributed by atoms with Crippen molar-refractivity contribution in [2.75, 3.05) is 44.2 Å². The summed E-state index contributed by atoms with van der Waals surface area (Å²) in [7, 11) is 0. The first-order valence-corrected chi connectivity index (χ1v) is 11.8. The molecule has 7 nitrogen and oxygen atoms in total. The molecule has 1 atom stereocenters. The van der Waals surface area contributed by atoms with Crippen molar-refractivity contribution in [3.8, 4) is 0 Å². The Kier molecular flexibility index (Phi) is 6.13. The molecule has 2 saturated heterocycles. The second kappa shape index (κ2) is 9.35. The maximum atomic E-state index is 13.7. The van der Waals surface area contributed by atoms with Crippen LogP contribution < -0.4 is 4.90 Å². The number of hydrogen-bond acceptors (Lipinski definition) is 5. The molecule has 2 fully saturated rings. The van der Waals surface area contributed by atoms with E-state index < -0.39 is 5.60 Å². The first-order chi connectivity index (χ1) is 16.1. The Bertz CT molecular complexity index is 1030. The van der Waals surface area contributed by atoms with E-state index in [-0.39, 0.29) is 18.4 Å². The van der Waals surface area contributed by atoms with Gasteiger partial charge in [0.05, 0.1) is 13.2 Å². The van der Waals surface area contributed by atoms with Crippen molar-refractivity contribution in [3.63, 3.8) is 0 Å². The van der Waals surface area contributed by atoms with Crippen LogP contribution in [-0.4, -0.2) is 71.5 Å². The molecule has 1 aromatic carbocycles. The number of pyridine rings is 1. The Morgan fingerprint density at radius 2 is 1.88 bits per heavy atom. The minimum Gasteiger partial charge on any atom is -0.361 e. The van der Waals surface area contributed by atoms with E-state index in [4.69, 9.17) is 4.74 Å². The number of carbonyl (C=O) groups is 2. The van der Waals surface area contributed by atoms with Crippen molar-refractivity contribution in [1.82, 2.24) is 14.8 Å². The molecule has 1 unspecified atom stereocenters. The largest absolute Gasteiger partial charge is 0.361 e. The summed E-state index contributed by atoms with van der Waals surface area (Å²) >= 11 is 0. The van der Waals surface area contributed by atoms with E-state index >= 15 is 0 Å². The Morgan fingerprint density at radius 1 is 1.06 bits per heavy atom. The number of hydrogen-bond donors (Lipinski definition) is 0. The van der Waals surface area contributed by atoms with Gasteiger partial charge in [-0.15, -0.1) is 0 Å². The van der Waals surface area contributed by atoms with E-state index in [9.17, 15) is 9.59 Å². The van der Waals surface area contributed by atoms with Crippen molar-refractivity contribution < 1.29 is 14.3 Å². The maximum Gasteiger partial charge on any atom is 0.257 e. The molecule has 0 saturated carbocycles. The van der Waals surface area contributed by atoms with Crippen LogP contribution in [0.15, 0.2) is 60.8 Å². The lowest BCUT2D eigenvalue weighted by Crippen LogP contribution is -2.60. The molecule has 1 aromatic heterocycles. The molecule has 0 aliphatic carbocycles. The van der Waals surface area contributed by atoms with E-state index in [1.165, 1.54) is 0 Å². The van der Waals surface area contributed by atoms with E-state index in [0.29, 0.717) is 38.2 Å². The lowest BCUT2D eigenvalue weighted by molar-refractivity contribution is -0.167. The summed E-state index contributed by atoms with van der Waals surface area (Å²) < 4.78 is 6.13. The average molecular weight is 447 g/mol. The molecule has 5 rings (SSSR count). The van der Waals surface area contributed by atoms with Crippen LogP contribution in [0.2, 0.25) is 0 Å². The van der Waals surface area contributed by atoms with Gasteiger partial charge in [0.1, 0.15) is 5.82 Å². The number of ether oxygens (including phenoxy) is 1. The van der Waals surface area contributed by atoms with Gasteiger partial charge in [0.15, 0.2) is 5.60 Å². The minimum atomic E-state index is -1.04. The summed E-state index contributed by atoms with van der Waals surface area (Å²) in [5.41, 5.74) is 0.647. The van der Waals surface area contributed by atoms with Crippen LogP contribution in [0, 0.1) is 0 Å². The van der Waals surface area contributed by atoms with Crippen LogP contribution >= 0.6 is 0 Å². The highest BCUT2D eigenvalue weighted by Gasteiger charge is 2.47. The van der Waals surface area contributed by atoms with Crippen molar-refractivity contribution in [2.24, 2.45) is 0 Å². The summed E-state index contributed by atoms with van der Waals surface area (Å²) in [5.74, 6) is 0.723. The molecule has 3 aliphatic heterocycles. The van der Waals surface area contributed by atoms with E-state index in [1.54, 1.807) is 17.2 Å². The second-order valence-corrected chi connectivity index (χ2v) is 9.01. The van der Waals surface area contributed by atoms with Gasteiger partial charge in [-0.05, 0) is 30.5 Å². The molecule has 3 aliphatic rings. The maximum absolute atomic E-state index is 13.7. The van der Waals surface area contributed by atoms with Crippen LogP contribution in [-0.2, 0) is 16.1 Å². The number of nitrogens with zero attached hydrogens (tertiary/aromatic N) is 4. The Hall–Kier alpha value is -3.19. The normalized spacial score (nSPS) is 23.3. The monoisotopic (exact) mass is 446 g/mol. The second-order valence-electron chi connectivity index (χ2n) is 9.01. The molecule has 33 heavy (non-hydrogen) atoms. The van der Waals surface area contributed by atoms with Gasteiger partial charge < -0.3 is 19.4 Å². The molecule has 1 spiro atoms. The predicted molar refractivity (Wildman–Crippen MR) is 126 cm³/mol. The molecular weight excluding hydrogens is 416 g/mol. The summed E-state index contributed by atoms with van der Waals surface area (Å²) in [6.45, 7) is 4.07. The highest BCUT2D eigenvalue weighted by Crippen LogP contribution is 2.29. The smallest absolute Gasteiger partial charge is 0.257 e. The molecule has 2 amide bonds. The summed E-state index contributed by atoms with van der Waals surface area (Å²) in [6.07, 6.45) is 8.51. The van der Waals surface area contributed by atoms with Crippen LogP contribution in [0.5, 0.6) is 0 Å². The highest BCUT2D eigenvalue weighted by atomic mass is 16.5. The fourth-order valence-electron chi connectivity index (χ4n) is 4.94. The molecule has 0 N–H and O–H groups in total. The van der Waals surface area contributed by atoms with Gasteiger partial charge in [0, 0.05) is 50.9 Å². The summed E-state index contributed by atoms with van der Waals surface area (Å²) in [5, 5.41) is 0. The fourth-order valence-corrected chi connectivity index (χ4v) is 4.94. The molecule has 0 radical (unpaired) electrons. The van der Waals surface area contributed by atoms with Gasteiger partial charge in [-0.2, -0.15) is 0 Å². The molecule has 4 heterocycles. The number of aromatic nitrogens is 1. The third kappa shape index (κ3) is 4.50. The lowest BCUT2D eigenvalue weighted by Gasteiger charge is -2.42. The topological polar surface area (TPSA) is 66.0 Å². The summed E-state index contributed by atoms with van der Waals surface area (Å²) in [6, 6.07) is 13.6. The number of morpholine rings is 1. The van der Waals surface area contributed by atoms with Crippen LogP contribution in [0.1, 0.15) is 35.2 Å². The molecule has 7 heteroatoms. The SMILES string of the molecule is O=C(c1ccnc(N2CCCC2)c1)N1CCOC2(CC=CCN(Cc3ccccc3)C2=O)C1. The number of amides is 2. The van der Waals surface area contributed by atoms with Gasteiger partial charge in [-0.1, -0.05) is 42.5 Å². The highest BCUT2D eigenvalue weighted by molar-refractivity contribution is 5.96. The molecule has 2 aromatic rings. The number of benzene rings is 1.